The van der Waals surface area contributed by atoms with Gasteiger partial charge >= 0.3 is 0 Å². The maximum Gasteiger partial charge on any atom is 0.180 e. The van der Waals surface area contributed by atoms with E-state index in [0.29, 0.717) is 42.4 Å². The second-order valence-corrected chi connectivity index (χ2v) is 18.0. The summed E-state index contributed by atoms with van der Waals surface area (Å²) in [4.78, 5) is 0. The molecule has 0 fully saturated rings. The number of aliphatic hydroxyl groups is 2. The van der Waals surface area contributed by atoms with Gasteiger partial charge in [-0.25, -0.2) is 9.13 Å². The molecule has 2 heterocycles. The molecule has 0 aliphatic heterocycles. The van der Waals surface area contributed by atoms with Crippen molar-refractivity contribution in [3.05, 3.63) is 132 Å². The number of nitrogens with zero attached hydrogens (tertiary/aromatic N) is 2. The first-order valence-corrected chi connectivity index (χ1v) is 21.6. The molecule has 0 saturated carbocycles. The van der Waals surface area contributed by atoms with Crippen LogP contribution in [0, 0.1) is 0 Å². The number of benzene rings is 2. The lowest BCUT2D eigenvalue weighted by Crippen LogP contribution is -2.38. The summed E-state index contributed by atoms with van der Waals surface area (Å²) in [6, 6.07) is 29.7. The molecule has 0 spiro atoms. The predicted molar refractivity (Wildman–Crippen MR) is 203 cm³/mol. The SMILES string of the molecule is CCC(CC(C)c1cc[n+](CC(O)[PH](=O)CCC[PH](=O)C(O)C[n+]2ccc(C(CC)CC(C)c3ccccc3)cc2)cc1)c1ccccc1. The minimum Gasteiger partial charge on any atom is -0.379 e. The van der Waals surface area contributed by atoms with Crippen molar-refractivity contribution >= 4 is 15.6 Å². The van der Waals surface area contributed by atoms with Gasteiger partial charge in [0, 0.05) is 36.6 Å². The molecule has 0 aliphatic carbocycles. The van der Waals surface area contributed by atoms with E-state index in [-0.39, 0.29) is 13.1 Å². The average Bonchev–Trinajstić information content (AvgIpc) is 3.13. The number of rotatable bonds is 20. The average molecular weight is 705 g/mol. The van der Waals surface area contributed by atoms with Crippen LogP contribution in [0.15, 0.2) is 110 Å². The van der Waals surface area contributed by atoms with Gasteiger partial charge in [-0.3, -0.25) is 0 Å². The van der Waals surface area contributed by atoms with Crippen molar-refractivity contribution in [1.29, 1.82) is 0 Å². The molecule has 2 aromatic carbocycles. The second-order valence-electron chi connectivity index (χ2n) is 13.8. The first kappa shape index (κ1) is 38.9. The highest BCUT2D eigenvalue weighted by atomic mass is 31.1. The van der Waals surface area contributed by atoms with E-state index >= 15 is 0 Å². The van der Waals surface area contributed by atoms with Gasteiger partial charge in [0.25, 0.3) is 0 Å². The van der Waals surface area contributed by atoms with Crippen molar-refractivity contribution in [1.82, 2.24) is 0 Å². The zero-order valence-electron chi connectivity index (χ0n) is 29.8. The molecule has 0 amide bonds. The van der Waals surface area contributed by atoms with Crippen LogP contribution in [-0.2, 0) is 22.2 Å². The third kappa shape index (κ3) is 12.1. The lowest BCUT2D eigenvalue weighted by molar-refractivity contribution is -0.700. The summed E-state index contributed by atoms with van der Waals surface area (Å²) in [5, 5.41) is 21.4. The largest absolute Gasteiger partial charge is 0.379 e. The molecule has 8 atom stereocenters. The zero-order chi connectivity index (χ0) is 35.2. The van der Waals surface area contributed by atoms with E-state index < -0.39 is 27.3 Å². The number of aromatic nitrogens is 2. The lowest BCUT2D eigenvalue weighted by atomic mass is 9.85. The maximum atomic E-state index is 12.9. The summed E-state index contributed by atoms with van der Waals surface area (Å²) in [7, 11) is -4.57. The van der Waals surface area contributed by atoms with Crippen LogP contribution < -0.4 is 9.13 Å². The molecule has 8 heteroatoms. The van der Waals surface area contributed by atoms with Gasteiger partial charge in [0.1, 0.15) is 15.6 Å². The van der Waals surface area contributed by atoms with Crippen LogP contribution in [-0.4, -0.2) is 34.2 Å². The Morgan fingerprint density at radius 1 is 0.551 bits per heavy atom. The summed E-state index contributed by atoms with van der Waals surface area (Å²) in [5.74, 6) is -0.0665. The van der Waals surface area contributed by atoms with Crippen molar-refractivity contribution in [2.75, 3.05) is 12.3 Å². The van der Waals surface area contributed by atoms with Crippen LogP contribution in [0.25, 0.3) is 0 Å². The Hall–Kier alpha value is -2.88. The molecule has 0 radical (unpaired) electrons. The molecule has 0 bridgehead atoms. The fraction of sp³-hybridized carbons (Fsp3) is 0.463. The Balaban J connectivity index is 1.18. The van der Waals surface area contributed by atoms with E-state index in [4.69, 9.17) is 0 Å². The highest BCUT2D eigenvalue weighted by Crippen LogP contribution is 2.34. The molecule has 264 valence electrons. The topological polar surface area (TPSA) is 82.4 Å². The van der Waals surface area contributed by atoms with E-state index in [9.17, 15) is 19.3 Å². The van der Waals surface area contributed by atoms with E-state index in [1.165, 1.54) is 22.3 Å². The van der Waals surface area contributed by atoms with Crippen LogP contribution in [0.1, 0.15) is 106 Å². The molecule has 0 aliphatic rings. The van der Waals surface area contributed by atoms with Gasteiger partial charge in [-0.2, -0.15) is 0 Å². The predicted octanol–water partition coefficient (Wildman–Crippen LogP) is 8.48. The number of pyridine rings is 2. The molecule has 2 aromatic heterocycles. The Kier molecular flexibility index (Phi) is 16.0. The van der Waals surface area contributed by atoms with Crippen molar-refractivity contribution in [2.24, 2.45) is 0 Å². The van der Waals surface area contributed by atoms with Gasteiger partial charge < -0.3 is 19.3 Å². The minimum absolute atomic E-state index is 0.266. The van der Waals surface area contributed by atoms with Gasteiger partial charge in [-0.05, 0) is 78.0 Å². The summed E-state index contributed by atoms with van der Waals surface area (Å²) in [6.45, 7) is 9.53. The van der Waals surface area contributed by atoms with Crippen molar-refractivity contribution < 1.29 is 28.5 Å². The van der Waals surface area contributed by atoms with Gasteiger partial charge in [0.05, 0.1) is 0 Å². The van der Waals surface area contributed by atoms with E-state index in [0.717, 1.165) is 25.7 Å². The third-order valence-corrected chi connectivity index (χ3v) is 13.7. The first-order chi connectivity index (χ1) is 23.7. The first-order valence-electron chi connectivity index (χ1n) is 18.2. The summed E-state index contributed by atoms with van der Waals surface area (Å²) in [6.07, 6.45) is 13.2. The van der Waals surface area contributed by atoms with Crippen LogP contribution in [0.3, 0.4) is 0 Å². The highest BCUT2D eigenvalue weighted by Gasteiger charge is 2.23. The quantitative estimate of drug-likeness (QED) is 0.0715. The summed E-state index contributed by atoms with van der Waals surface area (Å²) >= 11 is 0. The molecule has 49 heavy (non-hydrogen) atoms. The Morgan fingerprint density at radius 3 is 1.31 bits per heavy atom. The van der Waals surface area contributed by atoms with Gasteiger partial charge in [0.2, 0.25) is 0 Å². The van der Waals surface area contributed by atoms with E-state index in [2.05, 4.69) is 113 Å². The van der Waals surface area contributed by atoms with Crippen molar-refractivity contribution in [2.45, 2.75) is 108 Å². The van der Waals surface area contributed by atoms with E-state index in [1.807, 2.05) is 33.9 Å². The Bertz CT molecular complexity index is 1570. The molecule has 8 unspecified atom stereocenters. The monoisotopic (exact) mass is 704 g/mol. The van der Waals surface area contributed by atoms with E-state index in [1.54, 1.807) is 0 Å². The van der Waals surface area contributed by atoms with Gasteiger partial charge in [-0.1, -0.05) is 88.4 Å². The maximum absolute atomic E-state index is 12.9. The normalized spacial score (nSPS) is 16.6. The summed E-state index contributed by atoms with van der Waals surface area (Å²) in [5.41, 5.74) is 5.27. The molecule has 6 nitrogen and oxygen atoms in total. The standard InChI is InChI=1S/C41H58N2O4P2/c1-5-34(38-16-11-8-12-17-38)29-33(4)37-18-22-42(23-19-37)30-40(44)48(46)26-13-27-49(47)41(45)31-43-24-20-39(21-25-43)35(6-2)28-32(3)36-14-9-7-10-15-36/h7-12,14-25,32-35,40-41,44-45,48-49H,5-6,13,26-31H2,1-4H3/q+2. The van der Waals surface area contributed by atoms with Crippen LogP contribution in [0.2, 0.25) is 0 Å². The number of aliphatic hydroxyl groups excluding tert-OH is 2. The fourth-order valence-corrected chi connectivity index (χ4v) is 9.76. The highest BCUT2D eigenvalue weighted by molar-refractivity contribution is 7.46. The molecule has 4 rings (SSSR count). The van der Waals surface area contributed by atoms with Crippen LogP contribution in [0.4, 0.5) is 0 Å². The molecule has 0 saturated heterocycles. The molecule has 2 N–H and O–H groups in total. The molecule has 4 aromatic rings. The smallest absolute Gasteiger partial charge is 0.180 e. The van der Waals surface area contributed by atoms with Gasteiger partial charge in [-0.15, -0.1) is 0 Å². The number of hydrogen-bond acceptors (Lipinski definition) is 4. The molecular formula is C41H58N2O4P2+2. The van der Waals surface area contributed by atoms with Gasteiger partial charge in [0.15, 0.2) is 49.6 Å². The minimum atomic E-state index is -2.29. The van der Waals surface area contributed by atoms with Crippen molar-refractivity contribution in [3.63, 3.8) is 0 Å². The Labute approximate surface area is 295 Å². The lowest BCUT2D eigenvalue weighted by Gasteiger charge is -2.20. The van der Waals surface area contributed by atoms with Crippen LogP contribution >= 0.6 is 15.6 Å². The van der Waals surface area contributed by atoms with Crippen LogP contribution in [0.5, 0.6) is 0 Å². The second kappa shape index (κ2) is 20.1. The molecular weight excluding hydrogens is 646 g/mol. The Morgan fingerprint density at radius 2 is 0.898 bits per heavy atom. The fourth-order valence-electron chi connectivity index (χ4n) is 6.86. The summed E-state index contributed by atoms with van der Waals surface area (Å²) < 4.78 is 29.5. The van der Waals surface area contributed by atoms with Crippen molar-refractivity contribution in [3.8, 4) is 0 Å². The number of hydrogen-bond donors (Lipinski definition) is 2. The zero-order valence-corrected chi connectivity index (χ0v) is 31.8. The third-order valence-electron chi connectivity index (χ3n) is 10.1.